The lowest BCUT2D eigenvalue weighted by Gasteiger charge is -2.14. The van der Waals surface area contributed by atoms with Crippen LogP contribution in [0.15, 0.2) is 54.9 Å². The molecule has 0 unspecified atom stereocenters. The van der Waals surface area contributed by atoms with Gasteiger partial charge >= 0.3 is 6.18 Å². The van der Waals surface area contributed by atoms with Gasteiger partial charge in [0.05, 0.1) is 16.3 Å². The van der Waals surface area contributed by atoms with Crippen molar-refractivity contribution >= 4 is 40.3 Å². The fourth-order valence-corrected chi connectivity index (χ4v) is 2.35. The number of nitrogens with two attached hydrogens (primary N) is 1. The molecule has 0 aliphatic rings. The average Bonchev–Trinajstić information content (AvgIpc) is 2.60. The summed E-state index contributed by atoms with van der Waals surface area (Å²) in [6, 6.07) is 11.6. The van der Waals surface area contributed by atoms with Crippen LogP contribution < -0.4 is 16.4 Å². The summed E-state index contributed by atoms with van der Waals surface area (Å²) in [5, 5.41) is 6.36. The molecule has 0 spiro atoms. The molecule has 0 atom stereocenters. The van der Waals surface area contributed by atoms with Gasteiger partial charge in [-0.15, -0.1) is 0 Å². The van der Waals surface area contributed by atoms with Crippen LogP contribution in [0, 0.1) is 0 Å². The van der Waals surface area contributed by atoms with Crippen molar-refractivity contribution in [1.82, 2.24) is 9.97 Å². The van der Waals surface area contributed by atoms with Crippen molar-refractivity contribution < 1.29 is 13.2 Å². The largest absolute Gasteiger partial charge is 0.416 e. The molecule has 0 saturated heterocycles. The van der Waals surface area contributed by atoms with Gasteiger partial charge in [0, 0.05) is 5.69 Å². The Balaban J connectivity index is 1.82. The number of nitrogens with one attached hydrogen (secondary N) is 2. The van der Waals surface area contributed by atoms with Gasteiger partial charge in [-0.1, -0.05) is 23.7 Å². The number of para-hydroxylation sites is 1. The van der Waals surface area contributed by atoms with Crippen molar-refractivity contribution in [3.63, 3.8) is 0 Å². The van der Waals surface area contributed by atoms with Crippen LogP contribution in [0.25, 0.3) is 0 Å². The summed E-state index contributed by atoms with van der Waals surface area (Å²) in [5.41, 5.74) is 6.54. The SMILES string of the molecule is Nc1c(Nc2ccc(C(F)(F)F)cc2)ncnc1Nc1ccccc1Cl. The second-order valence-electron chi connectivity index (χ2n) is 5.29. The van der Waals surface area contributed by atoms with E-state index in [0.29, 0.717) is 22.2 Å². The fraction of sp³-hybridized carbons (Fsp3) is 0.0588. The van der Waals surface area contributed by atoms with Gasteiger partial charge in [0.25, 0.3) is 0 Å². The minimum Gasteiger partial charge on any atom is -0.393 e. The third-order valence-electron chi connectivity index (χ3n) is 3.49. The van der Waals surface area contributed by atoms with Gasteiger partial charge in [0.2, 0.25) is 0 Å². The van der Waals surface area contributed by atoms with Gasteiger partial charge in [-0.3, -0.25) is 0 Å². The number of hydrogen-bond acceptors (Lipinski definition) is 5. The number of benzene rings is 2. The maximum atomic E-state index is 12.6. The van der Waals surface area contributed by atoms with E-state index < -0.39 is 11.7 Å². The van der Waals surface area contributed by atoms with Crippen LogP contribution in [0.2, 0.25) is 5.02 Å². The van der Waals surface area contributed by atoms with Gasteiger partial charge in [0.15, 0.2) is 11.6 Å². The molecule has 0 bridgehead atoms. The van der Waals surface area contributed by atoms with Crippen molar-refractivity contribution in [3.8, 4) is 0 Å². The Morgan fingerprint density at radius 1 is 0.885 bits per heavy atom. The molecule has 3 aromatic rings. The molecule has 134 valence electrons. The lowest BCUT2D eigenvalue weighted by molar-refractivity contribution is -0.137. The Morgan fingerprint density at radius 3 is 2.12 bits per heavy atom. The molecule has 1 aromatic heterocycles. The van der Waals surface area contributed by atoms with E-state index in [1.165, 1.54) is 18.5 Å². The molecule has 0 aliphatic heterocycles. The van der Waals surface area contributed by atoms with E-state index in [0.717, 1.165) is 12.1 Å². The van der Waals surface area contributed by atoms with Crippen molar-refractivity contribution in [2.75, 3.05) is 16.4 Å². The lowest BCUT2D eigenvalue weighted by Crippen LogP contribution is -2.06. The molecule has 0 aliphatic carbocycles. The Labute approximate surface area is 152 Å². The summed E-state index contributed by atoms with van der Waals surface area (Å²) in [5.74, 6) is 0.580. The Hall–Kier alpha value is -3.00. The minimum atomic E-state index is -4.39. The van der Waals surface area contributed by atoms with Crippen LogP contribution in [-0.4, -0.2) is 9.97 Å². The van der Waals surface area contributed by atoms with Crippen LogP contribution in [0.5, 0.6) is 0 Å². The minimum absolute atomic E-state index is 0.201. The average molecular weight is 380 g/mol. The first-order chi connectivity index (χ1) is 12.3. The summed E-state index contributed by atoms with van der Waals surface area (Å²) in [6.45, 7) is 0. The standard InChI is InChI=1S/C17H13ClF3N5/c18-12-3-1-2-4-13(12)26-16-14(22)15(23-9-24-16)25-11-7-5-10(6-8-11)17(19,20)21/h1-9H,22H2,(H2,23,24,25,26). The van der Waals surface area contributed by atoms with Crippen LogP contribution >= 0.6 is 11.6 Å². The lowest BCUT2D eigenvalue weighted by atomic mass is 10.2. The van der Waals surface area contributed by atoms with Crippen LogP contribution in [0.1, 0.15) is 5.56 Å². The molecule has 0 amide bonds. The van der Waals surface area contributed by atoms with Gasteiger partial charge in [-0.25, -0.2) is 9.97 Å². The second kappa shape index (κ2) is 7.09. The molecule has 5 nitrogen and oxygen atoms in total. The van der Waals surface area contributed by atoms with Crippen LogP contribution in [0.3, 0.4) is 0 Å². The fourth-order valence-electron chi connectivity index (χ4n) is 2.16. The number of alkyl halides is 3. The molecule has 9 heteroatoms. The Bertz CT molecular complexity index is 913. The van der Waals surface area contributed by atoms with E-state index in [9.17, 15) is 13.2 Å². The van der Waals surface area contributed by atoms with Crippen LogP contribution in [0.4, 0.5) is 41.9 Å². The predicted molar refractivity (Wildman–Crippen MR) is 95.9 cm³/mol. The van der Waals surface area contributed by atoms with Crippen molar-refractivity contribution in [2.45, 2.75) is 6.18 Å². The maximum absolute atomic E-state index is 12.6. The number of nitrogens with zero attached hydrogens (tertiary/aromatic N) is 2. The zero-order valence-electron chi connectivity index (χ0n) is 13.2. The summed E-state index contributed by atoms with van der Waals surface area (Å²) < 4.78 is 37.9. The highest BCUT2D eigenvalue weighted by molar-refractivity contribution is 6.33. The maximum Gasteiger partial charge on any atom is 0.416 e. The van der Waals surface area contributed by atoms with Gasteiger partial charge in [-0.05, 0) is 36.4 Å². The zero-order valence-corrected chi connectivity index (χ0v) is 13.9. The van der Waals surface area contributed by atoms with E-state index in [-0.39, 0.29) is 11.5 Å². The van der Waals surface area contributed by atoms with E-state index in [1.807, 2.05) is 0 Å². The summed E-state index contributed by atoms with van der Waals surface area (Å²) in [6.07, 6.45) is -3.11. The molecule has 0 fully saturated rings. The third-order valence-corrected chi connectivity index (χ3v) is 3.82. The van der Waals surface area contributed by atoms with E-state index >= 15 is 0 Å². The molecular weight excluding hydrogens is 367 g/mol. The van der Waals surface area contributed by atoms with E-state index in [2.05, 4.69) is 20.6 Å². The quantitative estimate of drug-likeness (QED) is 0.579. The molecule has 4 N–H and O–H groups in total. The Morgan fingerprint density at radius 2 is 1.50 bits per heavy atom. The first kappa shape index (κ1) is 17.8. The number of hydrogen-bond donors (Lipinski definition) is 3. The third kappa shape index (κ3) is 3.97. The summed E-state index contributed by atoms with van der Waals surface area (Å²) in [7, 11) is 0. The number of halogens is 4. The van der Waals surface area contributed by atoms with Gasteiger partial charge in [0.1, 0.15) is 12.0 Å². The van der Waals surface area contributed by atoms with Gasteiger partial charge in [-0.2, -0.15) is 13.2 Å². The summed E-state index contributed by atoms with van der Waals surface area (Å²) >= 11 is 6.09. The molecule has 0 saturated carbocycles. The smallest absolute Gasteiger partial charge is 0.393 e. The Kier molecular flexibility index (Phi) is 4.85. The highest BCUT2D eigenvalue weighted by Crippen LogP contribution is 2.32. The number of rotatable bonds is 4. The van der Waals surface area contributed by atoms with Crippen molar-refractivity contribution in [1.29, 1.82) is 0 Å². The topological polar surface area (TPSA) is 75.9 Å². The zero-order chi connectivity index (χ0) is 18.7. The molecule has 1 heterocycles. The van der Waals surface area contributed by atoms with Crippen LogP contribution in [-0.2, 0) is 6.18 Å². The predicted octanol–water partition coefficient (Wildman–Crippen LogP) is 5.22. The summed E-state index contributed by atoms with van der Waals surface area (Å²) in [4.78, 5) is 8.10. The molecular formula is C17H13ClF3N5. The number of aromatic nitrogens is 2. The number of nitrogen functional groups attached to an aromatic ring is 1. The molecule has 0 radical (unpaired) electrons. The highest BCUT2D eigenvalue weighted by Gasteiger charge is 2.29. The normalized spacial score (nSPS) is 11.2. The van der Waals surface area contributed by atoms with Crippen molar-refractivity contribution in [3.05, 3.63) is 65.4 Å². The first-order valence-electron chi connectivity index (χ1n) is 7.41. The van der Waals surface area contributed by atoms with E-state index in [4.69, 9.17) is 17.3 Å². The van der Waals surface area contributed by atoms with Gasteiger partial charge < -0.3 is 16.4 Å². The number of anilines is 5. The monoisotopic (exact) mass is 379 g/mol. The molecule has 2 aromatic carbocycles. The molecule has 26 heavy (non-hydrogen) atoms. The van der Waals surface area contributed by atoms with Crippen molar-refractivity contribution in [2.24, 2.45) is 0 Å². The second-order valence-corrected chi connectivity index (χ2v) is 5.70. The first-order valence-corrected chi connectivity index (χ1v) is 7.78. The van der Waals surface area contributed by atoms with E-state index in [1.54, 1.807) is 24.3 Å². The molecule has 3 rings (SSSR count). The highest BCUT2D eigenvalue weighted by atomic mass is 35.5.